The quantitative estimate of drug-likeness (QED) is 0.754. The molecule has 2 rings (SSSR count). The molecule has 0 amide bonds. The number of carbonyl (C=O) groups is 1. The van der Waals surface area contributed by atoms with Crippen LogP contribution >= 0.6 is 0 Å². The monoisotopic (exact) mass is 269 g/mol. The van der Waals surface area contributed by atoms with Crippen molar-refractivity contribution in [3.63, 3.8) is 0 Å². The maximum absolute atomic E-state index is 12.1. The van der Waals surface area contributed by atoms with Crippen molar-refractivity contribution >= 4 is 5.78 Å². The van der Waals surface area contributed by atoms with E-state index >= 15 is 0 Å². The molecular formula is C18H23NO. The number of ketones is 1. The molecule has 20 heavy (non-hydrogen) atoms. The normalized spacial score (nSPS) is 14.6. The second kappa shape index (κ2) is 7.20. The lowest BCUT2D eigenvalue weighted by molar-refractivity contribution is -0.120. The molecule has 0 spiro atoms. The molecule has 0 radical (unpaired) electrons. The largest absolute Gasteiger partial charge is 0.299 e. The molecule has 0 atom stereocenters. The molecule has 0 saturated carbocycles. The highest BCUT2D eigenvalue weighted by molar-refractivity contribution is 5.85. The molecule has 0 saturated heterocycles. The number of Topliss-reactive ketones (excluding diaryl/α,β-unsaturated/α-hetero) is 1. The molecule has 106 valence electrons. The first kappa shape index (κ1) is 14.7. The van der Waals surface area contributed by atoms with Gasteiger partial charge in [-0.05, 0) is 19.4 Å². The smallest absolute Gasteiger partial charge is 0.144 e. The predicted molar refractivity (Wildman–Crippen MR) is 83.4 cm³/mol. The summed E-state index contributed by atoms with van der Waals surface area (Å²) < 4.78 is 0. The number of hydrogen-bond donors (Lipinski definition) is 0. The van der Waals surface area contributed by atoms with Gasteiger partial charge in [0.05, 0.1) is 5.92 Å². The summed E-state index contributed by atoms with van der Waals surface area (Å²) in [4.78, 5) is 14.5. The fourth-order valence-electron chi connectivity index (χ4n) is 2.40. The van der Waals surface area contributed by atoms with Gasteiger partial charge in [0, 0.05) is 25.6 Å². The first-order valence-electron chi connectivity index (χ1n) is 7.32. The molecule has 1 aliphatic rings. The van der Waals surface area contributed by atoms with E-state index in [1.54, 1.807) is 0 Å². The summed E-state index contributed by atoms with van der Waals surface area (Å²) in [7, 11) is 0. The number of rotatable bonds is 7. The summed E-state index contributed by atoms with van der Waals surface area (Å²) in [5.41, 5.74) is 1.30. The van der Waals surface area contributed by atoms with E-state index in [2.05, 4.69) is 43.0 Å². The Labute approximate surface area is 121 Å². The second-order valence-corrected chi connectivity index (χ2v) is 5.56. The van der Waals surface area contributed by atoms with Gasteiger partial charge in [-0.3, -0.25) is 9.69 Å². The third-order valence-corrected chi connectivity index (χ3v) is 3.72. The maximum atomic E-state index is 12.1. The van der Waals surface area contributed by atoms with Crippen LogP contribution in [-0.4, -0.2) is 23.3 Å². The average molecular weight is 269 g/mol. The fraction of sp³-hybridized carbons (Fsp3) is 0.389. The van der Waals surface area contributed by atoms with E-state index in [4.69, 9.17) is 0 Å². The molecule has 2 heteroatoms. The van der Waals surface area contributed by atoms with Crippen LogP contribution in [0.15, 0.2) is 54.6 Å². The number of allylic oxidation sites excluding steroid dienone is 4. The predicted octanol–water partition coefficient (Wildman–Crippen LogP) is 3.60. The Morgan fingerprint density at radius 2 is 1.80 bits per heavy atom. The molecular weight excluding hydrogens is 246 g/mol. The lowest BCUT2D eigenvalue weighted by Gasteiger charge is -2.26. The molecule has 0 aromatic heterocycles. The highest BCUT2D eigenvalue weighted by atomic mass is 16.1. The third kappa shape index (κ3) is 4.17. The Bertz CT molecular complexity index is 475. The number of nitrogens with zero attached hydrogens (tertiary/aromatic N) is 1. The molecule has 0 heterocycles. The van der Waals surface area contributed by atoms with Crippen molar-refractivity contribution in [3.05, 3.63) is 60.2 Å². The highest BCUT2D eigenvalue weighted by Gasteiger charge is 2.17. The van der Waals surface area contributed by atoms with Crippen molar-refractivity contribution in [1.29, 1.82) is 0 Å². The van der Waals surface area contributed by atoms with Crippen LogP contribution in [0.1, 0.15) is 25.8 Å². The Morgan fingerprint density at radius 1 is 1.15 bits per heavy atom. The van der Waals surface area contributed by atoms with E-state index in [0.717, 1.165) is 13.1 Å². The van der Waals surface area contributed by atoms with Crippen molar-refractivity contribution in [2.75, 3.05) is 6.54 Å². The zero-order valence-corrected chi connectivity index (χ0v) is 12.3. The number of benzene rings is 1. The van der Waals surface area contributed by atoms with Crippen LogP contribution in [0.4, 0.5) is 0 Å². The Morgan fingerprint density at radius 3 is 2.40 bits per heavy atom. The van der Waals surface area contributed by atoms with Crippen LogP contribution in [0.25, 0.3) is 0 Å². The van der Waals surface area contributed by atoms with Gasteiger partial charge in [-0.25, -0.2) is 0 Å². The molecule has 0 fully saturated rings. The summed E-state index contributed by atoms with van der Waals surface area (Å²) in [6, 6.07) is 10.9. The molecule has 0 unspecified atom stereocenters. The summed E-state index contributed by atoms with van der Waals surface area (Å²) in [5.74, 6) is 0.314. The average Bonchev–Trinajstić information content (AvgIpc) is 2.98. The fourth-order valence-corrected chi connectivity index (χ4v) is 2.40. The van der Waals surface area contributed by atoms with Crippen molar-refractivity contribution in [2.45, 2.75) is 32.9 Å². The van der Waals surface area contributed by atoms with E-state index in [9.17, 15) is 4.79 Å². The van der Waals surface area contributed by atoms with Gasteiger partial charge in [0.1, 0.15) is 5.78 Å². The molecule has 1 aromatic carbocycles. The summed E-state index contributed by atoms with van der Waals surface area (Å²) in [5, 5.41) is 0. The van der Waals surface area contributed by atoms with E-state index in [1.807, 2.05) is 30.4 Å². The van der Waals surface area contributed by atoms with Gasteiger partial charge in [-0.2, -0.15) is 0 Å². The van der Waals surface area contributed by atoms with Gasteiger partial charge >= 0.3 is 0 Å². The second-order valence-electron chi connectivity index (χ2n) is 5.56. The third-order valence-electron chi connectivity index (χ3n) is 3.72. The first-order chi connectivity index (χ1) is 9.66. The first-order valence-corrected chi connectivity index (χ1v) is 7.32. The lowest BCUT2D eigenvalue weighted by Crippen LogP contribution is -2.33. The Balaban J connectivity index is 1.88. The summed E-state index contributed by atoms with van der Waals surface area (Å²) in [6.07, 6.45) is 8.46. The van der Waals surface area contributed by atoms with Crippen LogP contribution in [0, 0.1) is 5.92 Å². The molecule has 0 bridgehead atoms. The summed E-state index contributed by atoms with van der Waals surface area (Å²) >= 11 is 0. The SMILES string of the molecule is CC(C)N(CCC(=O)C1C=CC=C1)Cc1ccccc1. The molecule has 1 aromatic rings. The Kier molecular flexibility index (Phi) is 5.31. The van der Waals surface area contributed by atoms with E-state index in [1.165, 1.54) is 5.56 Å². The number of carbonyl (C=O) groups excluding carboxylic acids is 1. The topological polar surface area (TPSA) is 20.3 Å². The summed E-state index contributed by atoms with van der Waals surface area (Å²) in [6.45, 7) is 6.09. The highest BCUT2D eigenvalue weighted by Crippen LogP contribution is 2.14. The van der Waals surface area contributed by atoms with Gasteiger partial charge in [-0.15, -0.1) is 0 Å². The van der Waals surface area contributed by atoms with Gasteiger partial charge in [0.25, 0.3) is 0 Å². The van der Waals surface area contributed by atoms with Crippen molar-refractivity contribution in [2.24, 2.45) is 5.92 Å². The number of hydrogen-bond acceptors (Lipinski definition) is 2. The van der Waals surface area contributed by atoms with E-state index < -0.39 is 0 Å². The van der Waals surface area contributed by atoms with Crippen molar-refractivity contribution in [1.82, 2.24) is 4.90 Å². The van der Waals surface area contributed by atoms with Gasteiger partial charge < -0.3 is 0 Å². The van der Waals surface area contributed by atoms with E-state index in [-0.39, 0.29) is 5.92 Å². The molecule has 1 aliphatic carbocycles. The minimum Gasteiger partial charge on any atom is -0.299 e. The molecule has 0 N–H and O–H groups in total. The van der Waals surface area contributed by atoms with E-state index in [0.29, 0.717) is 18.2 Å². The minimum absolute atomic E-state index is 0.000683. The van der Waals surface area contributed by atoms with Crippen LogP contribution in [0.2, 0.25) is 0 Å². The van der Waals surface area contributed by atoms with Crippen LogP contribution < -0.4 is 0 Å². The standard InChI is InChI=1S/C18H23NO/c1-15(2)19(14-16-8-4-3-5-9-16)13-12-18(20)17-10-6-7-11-17/h3-11,15,17H,12-14H2,1-2H3. The van der Waals surface area contributed by atoms with Crippen molar-refractivity contribution in [3.8, 4) is 0 Å². The van der Waals surface area contributed by atoms with Gasteiger partial charge in [0.2, 0.25) is 0 Å². The lowest BCUT2D eigenvalue weighted by atomic mass is 10.0. The van der Waals surface area contributed by atoms with Gasteiger partial charge in [0.15, 0.2) is 0 Å². The van der Waals surface area contributed by atoms with Gasteiger partial charge in [-0.1, -0.05) is 54.6 Å². The van der Waals surface area contributed by atoms with Crippen LogP contribution in [0.5, 0.6) is 0 Å². The molecule has 2 nitrogen and oxygen atoms in total. The minimum atomic E-state index is 0.000683. The van der Waals surface area contributed by atoms with Crippen molar-refractivity contribution < 1.29 is 4.79 Å². The molecule has 0 aliphatic heterocycles. The Hall–Kier alpha value is -1.67. The van der Waals surface area contributed by atoms with Crippen LogP contribution in [0.3, 0.4) is 0 Å². The zero-order chi connectivity index (χ0) is 14.4. The zero-order valence-electron chi connectivity index (χ0n) is 12.3. The van der Waals surface area contributed by atoms with Crippen LogP contribution in [-0.2, 0) is 11.3 Å². The maximum Gasteiger partial charge on any atom is 0.144 e.